The molecule has 1 aliphatic rings. The van der Waals surface area contributed by atoms with Gasteiger partial charge in [0.1, 0.15) is 0 Å². The first-order chi connectivity index (χ1) is 8.27. The summed E-state index contributed by atoms with van der Waals surface area (Å²) < 4.78 is 0. The topological polar surface area (TPSA) is 12.0 Å². The van der Waals surface area contributed by atoms with Crippen molar-refractivity contribution in [1.29, 1.82) is 0 Å². The number of rotatable bonds is 4. The van der Waals surface area contributed by atoms with E-state index in [1.165, 1.54) is 44.1 Å². The van der Waals surface area contributed by atoms with E-state index in [0.29, 0.717) is 12.1 Å². The van der Waals surface area contributed by atoms with Gasteiger partial charge in [-0.25, -0.2) is 0 Å². The quantitative estimate of drug-likeness (QED) is 0.761. The van der Waals surface area contributed by atoms with Crippen LogP contribution in [0.15, 0.2) is 16.8 Å². The Balaban J connectivity index is 1.85. The Morgan fingerprint density at radius 3 is 2.47 bits per heavy atom. The molecule has 96 valence electrons. The fourth-order valence-electron chi connectivity index (χ4n) is 2.96. The third-order valence-electron chi connectivity index (χ3n) is 4.16. The second-order valence-electron chi connectivity index (χ2n) is 5.49. The van der Waals surface area contributed by atoms with Gasteiger partial charge in [-0.1, -0.05) is 25.7 Å². The molecular formula is C15H25NS. The molecule has 0 spiro atoms. The normalized spacial score (nSPS) is 22.0. The second-order valence-corrected chi connectivity index (χ2v) is 6.27. The van der Waals surface area contributed by atoms with Crippen LogP contribution in [0.5, 0.6) is 0 Å². The lowest BCUT2D eigenvalue weighted by Gasteiger charge is -2.27. The highest BCUT2D eigenvalue weighted by Crippen LogP contribution is 2.27. The Morgan fingerprint density at radius 2 is 1.88 bits per heavy atom. The molecule has 0 radical (unpaired) electrons. The third kappa shape index (κ3) is 3.82. The monoisotopic (exact) mass is 251 g/mol. The molecule has 2 atom stereocenters. The maximum absolute atomic E-state index is 3.79. The number of hydrogen-bond acceptors (Lipinski definition) is 2. The molecule has 0 aliphatic heterocycles. The van der Waals surface area contributed by atoms with Gasteiger partial charge in [0, 0.05) is 12.1 Å². The van der Waals surface area contributed by atoms with Crippen molar-refractivity contribution in [1.82, 2.24) is 5.32 Å². The zero-order valence-corrected chi connectivity index (χ0v) is 11.9. The maximum atomic E-state index is 3.79. The Kier molecular flexibility index (Phi) is 5.05. The van der Waals surface area contributed by atoms with E-state index >= 15 is 0 Å². The van der Waals surface area contributed by atoms with E-state index in [2.05, 4.69) is 36.0 Å². The summed E-state index contributed by atoms with van der Waals surface area (Å²) >= 11 is 1.79. The van der Waals surface area contributed by atoms with Gasteiger partial charge in [0.25, 0.3) is 0 Å². The second kappa shape index (κ2) is 6.55. The average molecular weight is 251 g/mol. The summed E-state index contributed by atoms with van der Waals surface area (Å²) in [6, 6.07) is 3.39. The van der Waals surface area contributed by atoms with Gasteiger partial charge in [-0.3, -0.25) is 0 Å². The lowest BCUT2D eigenvalue weighted by Crippen LogP contribution is -2.35. The smallest absolute Gasteiger partial charge is 0.0302 e. The molecule has 2 rings (SSSR count). The van der Waals surface area contributed by atoms with Gasteiger partial charge in [0.15, 0.2) is 0 Å². The van der Waals surface area contributed by atoms with E-state index in [-0.39, 0.29) is 0 Å². The van der Waals surface area contributed by atoms with E-state index in [1.54, 1.807) is 11.3 Å². The van der Waals surface area contributed by atoms with Gasteiger partial charge in [0.2, 0.25) is 0 Å². The van der Waals surface area contributed by atoms with Crippen molar-refractivity contribution >= 4 is 11.3 Å². The fraction of sp³-hybridized carbons (Fsp3) is 0.733. The Labute approximate surface area is 110 Å². The van der Waals surface area contributed by atoms with Crippen molar-refractivity contribution in [2.75, 3.05) is 0 Å². The molecule has 0 aromatic carbocycles. The summed E-state index contributed by atoms with van der Waals surface area (Å²) in [6.45, 7) is 4.66. The van der Waals surface area contributed by atoms with Crippen LogP contribution < -0.4 is 5.32 Å². The van der Waals surface area contributed by atoms with Gasteiger partial charge >= 0.3 is 0 Å². The van der Waals surface area contributed by atoms with Crippen LogP contribution in [0.25, 0.3) is 0 Å². The summed E-state index contributed by atoms with van der Waals surface area (Å²) in [5, 5.41) is 8.22. The predicted octanol–water partition coefficient (Wildman–Crippen LogP) is 4.76. The van der Waals surface area contributed by atoms with E-state index < -0.39 is 0 Å². The minimum Gasteiger partial charge on any atom is -0.307 e. The predicted molar refractivity (Wildman–Crippen MR) is 76.5 cm³/mol. The molecular weight excluding hydrogens is 226 g/mol. The van der Waals surface area contributed by atoms with E-state index in [1.807, 2.05) is 0 Å². The van der Waals surface area contributed by atoms with E-state index in [4.69, 9.17) is 0 Å². The lowest BCUT2D eigenvalue weighted by atomic mass is 9.92. The van der Waals surface area contributed by atoms with Gasteiger partial charge in [-0.2, -0.15) is 11.3 Å². The van der Waals surface area contributed by atoms with Crippen LogP contribution in [0.4, 0.5) is 0 Å². The SMILES string of the molecule is CC(N[C@@H](C)C1CCCCCC1)c1ccsc1. The highest BCUT2D eigenvalue weighted by Gasteiger charge is 2.20. The van der Waals surface area contributed by atoms with Crippen molar-refractivity contribution in [3.63, 3.8) is 0 Å². The van der Waals surface area contributed by atoms with Crippen LogP contribution in [-0.4, -0.2) is 6.04 Å². The highest BCUT2D eigenvalue weighted by atomic mass is 32.1. The van der Waals surface area contributed by atoms with Crippen molar-refractivity contribution in [2.24, 2.45) is 5.92 Å². The minimum absolute atomic E-state index is 0.500. The molecule has 1 aliphatic carbocycles. The average Bonchev–Trinajstić information content (AvgIpc) is 2.71. The molecule has 17 heavy (non-hydrogen) atoms. The van der Waals surface area contributed by atoms with Crippen LogP contribution in [0.2, 0.25) is 0 Å². The summed E-state index contributed by atoms with van der Waals surface area (Å²) in [7, 11) is 0. The molecule has 1 heterocycles. The largest absolute Gasteiger partial charge is 0.307 e. The third-order valence-corrected chi connectivity index (χ3v) is 4.86. The first-order valence-corrected chi connectivity index (χ1v) is 8.00. The molecule has 1 aromatic rings. The van der Waals surface area contributed by atoms with Gasteiger partial charge in [0.05, 0.1) is 0 Å². The van der Waals surface area contributed by atoms with Crippen molar-refractivity contribution < 1.29 is 0 Å². The summed E-state index contributed by atoms with van der Waals surface area (Å²) in [6.07, 6.45) is 8.61. The highest BCUT2D eigenvalue weighted by molar-refractivity contribution is 7.07. The van der Waals surface area contributed by atoms with E-state index in [0.717, 1.165) is 5.92 Å². The van der Waals surface area contributed by atoms with Crippen LogP contribution in [0.3, 0.4) is 0 Å². The number of nitrogens with one attached hydrogen (secondary N) is 1. The van der Waals surface area contributed by atoms with Gasteiger partial charge in [-0.15, -0.1) is 0 Å². The summed E-state index contributed by atoms with van der Waals surface area (Å²) in [5.41, 5.74) is 1.44. The maximum Gasteiger partial charge on any atom is 0.0302 e. The van der Waals surface area contributed by atoms with Crippen LogP contribution in [0.1, 0.15) is 64.0 Å². The molecule has 1 saturated carbocycles. The molecule has 1 unspecified atom stereocenters. The molecule has 1 fully saturated rings. The zero-order valence-electron chi connectivity index (χ0n) is 11.1. The Hall–Kier alpha value is -0.340. The standard InChI is InChI=1S/C15H25NS/c1-12(14-7-5-3-4-6-8-14)16-13(2)15-9-10-17-11-15/h9-14,16H,3-8H2,1-2H3/t12-,13?/m0/s1. The van der Waals surface area contributed by atoms with Crippen LogP contribution >= 0.6 is 11.3 Å². The first-order valence-electron chi connectivity index (χ1n) is 7.05. The molecule has 1 aromatic heterocycles. The van der Waals surface area contributed by atoms with Crippen LogP contribution in [-0.2, 0) is 0 Å². The molecule has 1 N–H and O–H groups in total. The van der Waals surface area contributed by atoms with Crippen molar-refractivity contribution in [3.05, 3.63) is 22.4 Å². The Morgan fingerprint density at radius 1 is 1.18 bits per heavy atom. The molecule has 2 heteroatoms. The molecule has 0 bridgehead atoms. The number of hydrogen-bond donors (Lipinski definition) is 1. The van der Waals surface area contributed by atoms with Crippen LogP contribution in [0, 0.1) is 5.92 Å². The summed E-state index contributed by atoms with van der Waals surface area (Å²) in [5.74, 6) is 0.888. The fourth-order valence-corrected chi connectivity index (χ4v) is 3.71. The Bertz CT molecular complexity index is 299. The van der Waals surface area contributed by atoms with E-state index in [9.17, 15) is 0 Å². The minimum atomic E-state index is 0.500. The summed E-state index contributed by atoms with van der Waals surface area (Å²) in [4.78, 5) is 0. The van der Waals surface area contributed by atoms with Crippen molar-refractivity contribution in [3.8, 4) is 0 Å². The number of thiophene rings is 1. The zero-order chi connectivity index (χ0) is 12.1. The molecule has 0 saturated heterocycles. The molecule has 0 amide bonds. The first kappa shape index (κ1) is 13.1. The van der Waals surface area contributed by atoms with Gasteiger partial charge < -0.3 is 5.32 Å². The van der Waals surface area contributed by atoms with Crippen molar-refractivity contribution in [2.45, 2.75) is 64.5 Å². The lowest BCUT2D eigenvalue weighted by molar-refractivity contribution is 0.316. The van der Waals surface area contributed by atoms with Gasteiger partial charge in [-0.05, 0) is 55.0 Å². The molecule has 1 nitrogen and oxygen atoms in total.